The maximum absolute atomic E-state index is 12.7. The summed E-state index contributed by atoms with van der Waals surface area (Å²) in [4.78, 5) is 15.1. The number of benzene rings is 2. The predicted molar refractivity (Wildman–Crippen MR) is 127 cm³/mol. The molecule has 0 aliphatic carbocycles. The number of carbonyl (C=O) groups excluding carboxylic acids is 1. The van der Waals surface area contributed by atoms with Crippen molar-refractivity contribution in [3.63, 3.8) is 0 Å². The van der Waals surface area contributed by atoms with Gasteiger partial charge in [-0.15, -0.1) is 0 Å². The summed E-state index contributed by atoms with van der Waals surface area (Å²) in [5, 5.41) is 2.93. The zero-order valence-electron chi connectivity index (χ0n) is 18.8. The molecule has 6 nitrogen and oxygen atoms in total. The molecule has 0 aromatic heterocycles. The molecule has 3 rings (SSSR count). The zero-order chi connectivity index (χ0) is 22.6. The van der Waals surface area contributed by atoms with E-state index in [1.807, 2.05) is 38.1 Å². The van der Waals surface area contributed by atoms with E-state index >= 15 is 0 Å². The van der Waals surface area contributed by atoms with Gasteiger partial charge in [0.25, 0.3) is 0 Å². The SMILES string of the molecule is Cc1ccccc1N(CC(=O)NC(C)c1ccc(N2CCC(C)CC2)cc1)S(C)(=O)=O. The lowest BCUT2D eigenvalue weighted by atomic mass is 9.98. The van der Waals surface area contributed by atoms with Crippen molar-refractivity contribution >= 4 is 27.3 Å². The molecule has 2 aromatic carbocycles. The van der Waals surface area contributed by atoms with E-state index in [0.29, 0.717) is 5.69 Å². The van der Waals surface area contributed by atoms with Crippen molar-refractivity contribution in [1.82, 2.24) is 5.32 Å². The molecular weight excluding hydrogens is 410 g/mol. The fraction of sp³-hybridized carbons (Fsp3) is 0.458. The Bertz CT molecular complexity index is 997. The highest BCUT2D eigenvalue weighted by Gasteiger charge is 2.23. The number of nitrogens with zero attached hydrogens (tertiary/aromatic N) is 2. The number of carbonyl (C=O) groups is 1. The van der Waals surface area contributed by atoms with E-state index in [-0.39, 0.29) is 18.5 Å². The van der Waals surface area contributed by atoms with E-state index in [2.05, 4.69) is 29.3 Å². The van der Waals surface area contributed by atoms with E-state index in [9.17, 15) is 13.2 Å². The Morgan fingerprint density at radius 3 is 2.32 bits per heavy atom. The third kappa shape index (κ3) is 6.00. The topological polar surface area (TPSA) is 69.7 Å². The molecule has 1 N–H and O–H groups in total. The lowest BCUT2D eigenvalue weighted by Gasteiger charge is -2.32. The molecule has 31 heavy (non-hydrogen) atoms. The van der Waals surface area contributed by atoms with Crippen LogP contribution in [0.25, 0.3) is 0 Å². The van der Waals surface area contributed by atoms with Gasteiger partial charge in [-0.1, -0.05) is 37.3 Å². The van der Waals surface area contributed by atoms with Crippen molar-refractivity contribution in [3.05, 3.63) is 59.7 Å². The minimum Gasteiger partial charge on any atom is -0.372 e. The second kappa shape index (κ2) is 9.73. The van der Waals surface area contributed by atoms with Gasteiger partial charge in [0.15, 0.2) is 0 Å². The molecule has 2 aromatic rings. The van der Waals surface area contributed by atoms with E-state index in [1.165, 1.54) is 18.5 Å². The van der Waals surface area contributed by atoms with Crippen molar-refractivity contribution < 1.29 is 13.2 Å². The molecule has 0 saturated carbocycles. The van der Waals surface area contributed by atoms with Crippen LogP contribution in [0.4, 0.5) is 11.4 Å². The van der Waals surface area contributed by atoms with Crippen molar-refractivity contribution in [1.29, 1.82) is 0 Å². The minimum absolute atomic E-state index is 0.221. The average Bonchev–Trinajstić information content (AvgIpc) is 2.72. The van der Waals surface area contributed by atoms with E-state index in [1.54, 1.807) is 12.1 Å². The summed E-state index contributed by atoms with van der Waals surface area (Å²) in [5.74, 6) is 0.451. The molecule has 0 spiro atoms. The monoisotopic (exact) mass is 443 g/mol. The largest absolute Gasteiger partial charge is 0.372 e. The first-order chi connectivity index (χ1) is 14.6. The molecule has 1 heterocycles. The van der Waals surface area contributed by atoms with Crippen LogP contribution in [0, 0.1) is 12.8 Å². The molecule has 0 bridgehead atoms. The predicted octanol–water partition coefficient (Wildman–Crippen LogP) is 3.87. The highest BCUT2D eigenvalue weighted by atomic mass is 32.2. The number of hydrogen-bond acceptors (Lipinski definition) is 4. The first-order valence-electron chi connectivity index (χ1n) is 10.8. The highest BCUT2D eigenvalue weighted by Crippen LogP contribution is 2.25. The van der Waals surface area contributed by atoms with Crippen LogP contribution in [0.2, 0.25) is 0 Å². The van der Waals surface area contributed by atoms with Gasteiger partial charge in [-0.05, 0) is 61.9 Å². The highest BCUT2D eigenvalue weighted by molar-refractivity contribution is 7.92. The van der Waals surface area contributed by atoms with Gasteiger partial charge >= 0.3 is 0 Å². The lowest BCUT2D eigenvalue weighted by Crippen LogP contribution is -2.41. The van der Waals surface area contributed by atoms with Crippen molar-refractivity contribution in [3.8, 4) is 0 Å². The first-order valence-corrected chi connectivity index (χ1v) is 12.7. The van der Waals surface area contributed by atoms with Crippen LogP contribution >= 0.6 is 0 Å². The van der Waals surface area contributed by atoms with Crippen LogP contribution in [-0.4, -0.2) is 40.2 Å². The molecule has 1 fully saturated rings. The second-order valence-corrected chi connectivity index (χ2v) is 10.5. The van der Waals surface area contributed by atoms with Crippen LogP contribution in [0.1, 0.15) is 43.9 Å². The van der Waals surface area contributed by atoms with Crippen LogP contribution in [0.5, 0.6) is 0 Å². The normalized spacial score (nSPS) is 16.1. The van der Waals surface area contributed by atoms with Gasteiger partial charge < -0.3 is 10.2 Å². The number of sulfonamides is 1. The standard InChI is InChI=1S/C24H33N3O3S/c1-18-13-15-26(16-14-18)22-11-9-21(10-12-22)20(3)25-24(28)17-27(31(4,29)30)23-8-6-5-7-19(23)2/h5-12,18,20H,13-17H2,1-4H3,(H,25,28). The molecule has 1 unspecified atom stereocenters. The summed E-state index contributed by atoms with van der Waals surface area (Å²) in [5.41, 5.74) is 3.52. The molecule has 0 radical (unpaired) electrons. The summed E-state index contributed by atoms with van der Waals surface area (Å²) in [7, 11) is -3.59. The van der Waals surface area contributed by atoms with Crippen molar-refractivity contribution in [2.24, 2.45) is 5.92 Å². The summed E-state index contributed by atoms with van der Waals surface area (Å²) in [6.07, 6.45) is 3.55. The maximum atomic E-state index is 12.7. The smallest absolute Gasteiger partial charge is 0.241 e. The number of amides is 1. The third-order valence-corrected chi connectivity index (χ3v) is 7.12. The molecule has 1 aliphatic rings. The number of piperidine rings is 1. The Labute approximate surface area is 186 Å². The first kappa shape index (κ1) is 23.1. The van der Waals surface area contributed by atoms with E-state index < -0.39 is 10.0 Å². The minimum atomic E-state index is -3.59. The Balaban J connectivity index is 1.64. The Kier molecular flexibility index (Phi) is 7.26. The fourth-order valence-electron chi connectivity index (χ4n) is 3.97. The van der Waals surface area contributed by atoms with Gasteiger partial charge in [-0.2, -0.15) is 0 Å². The van der Waals surface area contributed by atoms with Crippen LogP contribution in [-0.2, 0) is 14.8 Å². The molecule has 1 aliphatic heterocycles. The molecule has 1 amide bonds. The van der Waals surface area contributed by atoms with Gasteiger partial charge in [-0.25, -0.2) is 8.42 Å². The fourth-order valence-corrected chi connectivity index (χ4v) is 4.88. The summed E-state index contributed by atoms with van der Waals surface area (Å²) in [6.45, 7) is 7.94. The number of nitrogens with one attached hydrogen (secondary N) is 1. The van der Waals surface area contributed by atoms with Crippen LogP contribution < -0.4 is 14.5 Å². The molecular formula is C24H33N3O3S. The van der Waals surface area contributed by atoms with Gasteiger partial charge in [0, 0.05) is 18.8 Å². The number of para-hydroxylation sites is 1. The number of anilines is 2. The van der Waals surface area contributed by atoms with Gasteiger partial charge in [0.1, 0.15) is 6.54 Å². The van der Waals surface area contributed by atoms with Gasteiger partial charge in [0.2, 0.25) is 15.9 Å². The van der Waals surface area contributed by atoms with Gasteiger partial charge in [-0.3, -0.25) is 9.10 Å². The average molecular weight is 444 g/mol. The zero-order valence-corrected chi connectivity index (χ0v) is 19.7. The van der Waals surface area contributed by atoms with Gasteiger partial charge in [0.05, 0.1) is 18.0 Å². The van der Waals surface area contributed by atoms with E-state index in [0.717, 1.165) is 40.7 Å². The number of hydrogen-bond donors (Lipinski definition) is 1. The quantitative estimate of drug-likeness (QED) is 0.705. The van der Waals surface area contributed by atoms with Crippen molar-refractivity contribution in [2.75, 3.05) is 35.1 Å². The molecule has 1 atom stereocenters. The lowest BCUT2D eigenvalue weighted by molar-refractivity contribution is -0.120. The summed E-state index contributed by atoms with van der Waals surface area (Å²) in [6, 6.07) is 15.2. The Morgan fingerprint density at radius 1 is 1.13 bits per heavy atom. The summed E-state index contributed by atoms with van der Waals surface area (Å²) < 4.78 is 25.8. The maximum Gasteiger partial charge on any atom is 0.241 e. The van der Waals surface area contributed by atoms with Crippen molar-refractivity contribution in [2.45, 2.75) is 39.7 Å². The van der Waals surface area contributed by atoms with E-state index in [4.69, 9.17) is 0 Å². The molecule has 1 saturated heterocycles. The van der Waals surface area contributed by atoms with Crippen LogP contribution in [0.15, 0.2) is 48.5 Å². The number of aryl methyl sites for hydroxylation is 1. The molecule has 168 valence electrons. The summed E-state index contributed by atoms with van der Waals surface area (Å²) >= 11 is 0. The second-order valence-electron chi connectivity index (χ2n) is 8.61. The number of rotatable bonds is 7. The Hall–Kier alpha value is -2.54. The Morgan fingerprint density at radius 2 is 1.74 bits per heavy atom. The van der Waals surface area contributed by atoms with Crippen LogP contribution in [0.3, 0.4) is 0 Å². The molecule has 7 heteroatoms. The third-order valence-electron chi connectivity index (χ3n) is 5.99.